The van der Waals surface area contributed by atoms with Crippen molar-refractivity contribution < 1.29 is 4.74 Å². The second-order valence-corrected chi connectivity index (χ2v) is 7.59. The molecule has 0 unspecified atom stereocenters. The predicted molar refractivity (Wildman–Crippen MR) is 109 cm³/mol. The maximum absolute atomic E-state index is 12.3. The van der Waals surface area contributed by atoms with E-state index in [9.17, 15) is 4.79 Å². The van der Waals surface area contributed by atoms with Crippen molar-refractivity contribution in [2.75, 3.05) is 7.11 Å². The summed E-state index contributed by atoms with van der Waals surface area (Å²) in [5.41, 5.74) is 2.24. The Morgan fingerprint density at radius 2 is 2.00 bits per heavy atom. The van der Waals surface area contributed by atoms with Crippen LogP contribution in [0.5, 0.6) is 5.75 Å². The molecule has 4 aromatic rings. The smallest absolute Gasteiger partial charge is 0.258 e. The molecule has 0 atom stereocenters. The molecule has 3 aromatic heterocycles. The molecule has 0 bridgehead atoms. The van der Waals surface area contributed by atoms with Gasteiger partial charge in [0, 0.05) is 40.6 Å². The Hall–Kier alpha value is -2.58. The summed E-state index contributed by atoms with van der Waals surface area (Å²) >= 11 is 4.90. The van der Waals surface area contributed by atoms with Crippen LogP contribution in [0.4, 0.5) is 0 Å². The molecule has 0 saturated carbocycles. The fraction of sp³-hybridized carbons (Fsp3) is 0.105. The summed E-state index contributed by atoms with van der Waals surface area (Å²) in [5.74, 6) is 1.36. The lowest BCUT2D eigenvalue weighted by atomic mass is 10.3. The average Bonchev–Trinajstić information content (AvgIpc) is 3.15. The number of halogens is 1. The van der Waals surface area contributed by atoms with Gasteiger partial charge >= 0.3 is 0 Å². The van der Waals surface area contributed by atoms with Crippen LogP contribution in [0.3, 0.4) is 0 Å². The summed E-state index contributed by atoms with van der Waals surface area (Å²) < 4.78 is 9.56. The Morgan fingerprint density at radius 3 is 2.78 bits per heavy atom. The first kappa shape index (κ1) is 17.8. The third-order valence-electron chi connectivity index (χ3n) is 3.98. The van der Waals surface area contributed by atoms with E-state index in [0.717, 1.165) is 26.8 Å². The van der Waals surface area contributed by atoms with Crippen LogP contribution in [-0.4, -0.2) is 26.0 Å². The van der Waals surface area contributed by atoms with Crippen molar-refractivity contribution in [3.8, 4) is 11.4 Å². The van der Waals surface area contributed by atoms with Gasteiger partial charge in [-0.05, 0) is 52.3 Å². The van der Waals surface area contributed by atoms with Crippen LogP contribution in [0.2, 0.25) is 0 Å². The molecule has 0 fully saturated rings. The lowest BCUT2D eigenvalue weighted by Gasteiger charge is -2.09. The number of methoxy groups -OCH3 is 1. The van der Waals surface area contributed by atoms with Gasteiger partial charge in [0.05, 0.1) is 12.8 Å². The van der Waals surface area contributed by atoms with Gasteiger partial charge in [-0.1, -0.05) is 11.8 Å². The average molecular weight is 443 g/mol. The van der Waals surface area contributed by atoms with Gasteiger partial charge in [-0.3, -0.25) is 13.8 Å². The number of aromatic nitrogens is 4. The first-order valence-corrected chi connectivity index (χ1v) is 9.90. The van der Waals surface area contributed by atoms with Crippen LogP contribution < -0.4 is 10.3 Å². The highest BCUT2D eigenvalue weighted by Gasteiger charge is 2.09. The molecule has 136 valence electrons. The lowest BCUT2D eigenvalue weighted by molar-refractivity contribution is 0.414. The fourth-order valence-corrected chi connectivity index (χ4v) is 3.88. The normalized spacial score (nSPS) is 11.0. The fourth-order valence-electron chi connectivity index (χ4n) is 2.67. The van der Waals surface area contributed by atoms with E-state index >= 15 is 0 Å². The first-order valence-electron chi connectivity index (χ1n) is 8.12. The molecular formula is C19H15BrN4O2S. The molecule has 0 saturated heterocycles. The zero-order valence-electron chi connectivity index (χ0n) is 14.4. The standard InChI is InChI=1S/C19H15BrN4O2S/c1-26-16-5-3-15(4-6-16)23-9-8-21-19(23)27-12-14-10-18(25)24-11-13(20)2-7-17(24)22-14/h2-11H,12H2,1H3. The summed E-state index contributed by atoms with van der Waals surface area (Å²) in [6, 6.07) is 13.0. The minimum absolute atomic E-state index is 0.101. The number of ether oxygens (including phenoxy) is 1. The van der Waals surface area contributed by atoms with E-state index in [2.05, 4.69) is 25.9 Å². The summed E-state index contributed by atoms with van der Waals surface area (Å²) in [6.07, 6.45) is 5.38. The van der Waals surface area contributed by atoms with Crippen molar-refractivity contribution in [2.24, 2.45) is 0 Å². The van der Waals surface area contributed by atoms with E-state index in [1.807, 2.05) is 47.2 Å². The Balaban J connectivity index is 1.58. The number of nitrogens with zero attached hydrogens (tertiary/aromatic N) is 4. The summed E-state index contributed by atoms with van der Waals surface area (Å²) in [6.45, 7) is 0. The topological polar surface area (TPSA) is 61.4 Å². The van der Waals surface area contributed by atoms with Crippen LogP contribution >= 0.6 is 27.7 Å². The number of imidazole rings is 1. The van der Waals surface area contributed by atoms with Gasteiger partial charge in [0.1, 0.15) is 11.4 Å². The van der Waals surface area contributed by atoms with E-state index in [1.54, 1.807) is 25.6 Å². The maximum Gasteiger partial charge on any atom is 0.258 e. The van der Waals surface area contributed by atoms with Gasteiger partial charge in [-0.25, -0.2) is 9.97 Å². The summed E-state index contributed by atoms with van der Waals surface area (Å²) in [4.78, 5) is 21.3. The van der Waals surface area contributed by atoms with Crippen LogP contribution in [0.25, 0.3) is 11.3 Å². The Bertz CT molecular complexity index is 1150. The molecule has 0 N–H and O–H groups in total. The quantitative estimate of drug-likeness (QED) is 0.438. The minimum Gasteiger partial charge on any atom is -0.497 e. The molecule has 0 spiro atoms. The second-order valence-electron chi connectivity index (χ2n) is 5.73. The van der Waals surface area contributed by atoms with Gasteiger partial charge in [-0.2, -0.15) is 0 Å². The zero-order chi connectivity index (χ0) is 18.8. The Labute approximate surface area is 168 Å². The number of fused-ring (bicyclic) bond motifs is 1. The third-order valence-corrected chi connectivity index (χ3v) is 5.45. The molecule has 3 heterocycles. The number of thioether (sulfide) groups is 1. The second kappa shape index (κ2) is 7.58. The van der Waals surface area contributed by atoms with Gasteiger partial charge in [0.15, 0.2) is 5.16 Å². The van der Waals surface area contributed by atoms with Crippen LogP contribution in [0, 0.1) is 0 Å². The molecule has 0 aliphatic heterocycles. The van der Waals surface area contributed by atoms with E-state index < -0.39 is 0 Å². The molecule has 4 rings (SSSR count). The van der Waals surface area contributed by atoms with Gasteiger partial charge < -0.3 is 4.74 Å². The highest BCUT2D eigenvalue weighted by atomic mass is 79.9. The molecule has 6 nitrogen and oxygen atoms in total. The number of pyridine rings is 1. The number of benzene rings is 1. The van der Waals surface area contributed by atoms with Crippen molar-refractivity contribution in [3.63, 3.8) is 0 Å². The Morgan fingerprint density at radius 1 is 1.19 bits per heavy atom. The SMILES string of the molecule is COc1ccc(-n2ccnc2SCc2cc(=O)n3cc(Br)ccc3n2)cc1. The highest BCUT2D eigenvalue weighted by Crippen LogP contribution is 2.24. The van der Waals surface area contributed by atoms with Gasteiger partial charge in [0.25, 0.3) is 5.56 Å². The number of rotatable bonds is 5. The number of hydrogen-bond donors (Lipinski definition) is 0. The van der Waals surface area contributed by atoms with E-state index in [0.29, 0.717) is 11.4 Å². The monoisotopic (exact) mass is 442 g/mol. The maximum atomic E-state index is 12.3. The molecule has 0 amide bonds. The molecular weight excluding hydrogens is 428 g/mol. The van der Waals surface area contributed by atoms with E-state index in [4.69, 9.17) is 4.74 Å². The van der Waals surface area contributed by atoms with Crippen LogP contribution in [0.15, 0.2) is 75.5 Å². The molecule has 8 heteroatoms. The zero-order valence-corrected chi connectivity index (χ0v) is 16.8. The van der Waals surface area contributed by atoms with Crippen molar-refractivity contribution in [2.45, 2.75) is 10.9 Å². The van der Waals surface area contributed by atoms with E-state index in [1.165, 1.54) is 16.2 Å². The van der Waals surface area contributed by atoms with Crippen LogP contribution in [0.1, 0.15) is 5.69 Å². The molecule has 27 heavy (non-hydrogen) atoms. The molecule has 0 aliphatic carbocycles. The predicted octanol–water partition coefficient (Wildman–Crippen LogP) is 3.94. The van der Waals surface area contributed by atoms with Crippen molar-refractivity contribution >= 4 is 33.3 Å². The first-order chi connectivity index (χ1) is 13.1. The van der Waals surface area contributed by atoms with Gasteiger partial charge in [0.2, 0.25) is 0 Å². The largest absolute Gasteiger partial charge is 0.497 e. The lowest BCUT2D eigenvalue weighted by Crippen LogP contribution is -2.15. The number of hydrogen-bond acceptors (Lipinski definition) is 5. The Kier molecular flexibility index (Phi) is 5.00. The van der Waals surface area contributed by atoms with Crippen molar-refractivity contribution in [1.29, 1.82) is 0 Å². The summed E-state index contributed by atoms with van der Waals surface area (Å²) in [7, 11) is 1.64. The van der Waals surface area contributed by atoms with Crippen LogP contribution in [-0.2, 0) is 5.75 Å². The van der Waals surface area contributed by atoms with Gasteiger partial charge in [-0.15, -0.1) is 0 Å². The molecule has 1 aromatic carbocycles. The summed E-state index contributed by atoms with van der Waals surface area (Å²) in [5, 5.41) is 0.831. The van der Waals surface area contributed by atoms with E-state index in [-0.39, 0.29) is 5.56 Å². The molecule has 0 aliphatic rings. The minimum atomic E-state index is -0.101. The third kappa shape index (κ3) is 3.77. The van der Waals surface area contributed by atoms with Crippen molar-refractivity contribution in [3.05, 3.63) is 81.6 Å². The van der Waals surface area contributed by atoms with Crippen molar-refractivity contribution in [1.82, 2.24) is 18.9 Å². The molecule has 0 radical (unpaired) electrons. The highest BCUT2D eigenvalue weighted by molar-refractivity contribution is 9.10.